The third-order valence-electron chi connectivity index (χ3n) is 3.61. The van der Waals surface area contributed by atoms with Gasteiger partial charge in [0.25, 0.3) is 11.5 Å². The van der Waals surface area contributed by atoms with Gasteiger partial charge in [0.05, 0.1) is 12.8 Å². The summed E-state index contributed by atoms with van der Waals surface area (Å²) in [5, 5.41) is 3.08. The second-order valence-electron chi connectivity index (χ2n) is 5.66. The Bertz CT molecular complexity index is 981. The first-order chi connectivity index (χ1) is 12.7. The van der Waals surface area contributed by atoms with Gasteiger partial charge in [-0.1, -0.05) is 11.6 Å². The molecule has 0 saturated heterocycles. The van der Waals surface area contributed by atoms with E-state index in [1.54, 1.807) is 19.1 Å². The molecule has 0 fully saturated rings. The molecule has 0 aliphatic rings. The van der Waals surface area contributed by atoms with Crippen LogP contribution in [-0.4, -0.2) is 34.6 Å². The first kappa shape index (κ1) is 20.2. The van der Waals surface area contributed by atoms with Gasteiger partial charge >= 0.3 is 11.7 Å². The second kappa shape index (κ2) is 8.54. The zero-order valence-electron chi connectivity index (χ0n) is 14.9. The van der Waals surface area contributed by atoms with E-state index in [4.69, 9.17) is 21.1 Å². The highest BCUT2D eigenvalue weighted by Crippen LogP contribution is 2.31. The van der Waals surface area contributed by atoms with E-state index in [-0.39, 0.29) is 0 Å². The van der Waals surface area contributed by atoms with Crippen LogP contribution in [0.25, 0.3) is 0 Å². The number of rotatable bonds is 6. The minimum atomic E-state index is -1.13. The Balaban J connectivity index is 2.03. The van der Waals surface area contributed by atoms with Gasteiger partial charge in [-0.15, -0.1) is 0 Å². The first-order valence-electron chi connectivity index (χ1n) is 7.85. The highest BCUT2D eigenvalue weighted by molar-refractivity contribution is 6.31. The molecule has 2 rings (SSSR count). The van der Waals surface area contributed by atoms with Crippen LogP contribution < -0.4 is 21.3 Å². The second-order valence-corrected chi connectivity index (χ2v) is 6.07. The Hall–Kier alpha value is -3.07. The largest absolute Gasteiger partial charge is 0.495 e. The van der Waals surface area contributed by atoms with E-state index in [0.29, 0.717) is 16.5 Å². The van der Waals surface area contributed by atoms with Crippen LogP contribution in [-0.2, 0) is 20.9 Å². The maximum Gasteiger partial charge on any atom is 0.328 e. The number of esters is 1. The number of methoxy groups -OCH3 is 1. The van der Waals surface area contributed by atoms with Crippen molar-refractivity contribution in [2.45, 2.75) is 26.5 Å². The molecule has 9 nitrogen and oxygen atoms in total. The van der Waals surface area contributed by atoms with Crippen molar-refractivity contribution in [3.05, 3.63) is 55.8 Å². The number of hydrogen-bond acceptors (Lipinski definition) is 6. The van der Waals surface area contributed by atoms with Crippen LogP contribution in [0.3, 0.4) is 0 Å². The molecule has 144 valence electrons. The fourth-order valence-corrected chi connectivity index (χ4v) is 2.31. The molecule has 27 heavy (non-hydrogen) atoms. The van der Waals surface area contributed by atoms with E-state index in [0.717, 1.165) is 22.4 Å². The van der Waals surface area contributed by atoms with Crippen LogP contribution in [0.2, 0.25) is 5.02 Å². The molecule has 0 bridgehead atoms. The van der Waals surface area contributed by atoms with Crippen molar-refractivity contribution in [2.24, 2.45) is 0 Å². The third-order valence-corrected chi connectivity index (χ3v) is 4.02. The number of aryl methyl sites for hydroxylation is 1. The molecule has 1 amide bonds. The summed E-state index contributed by atoms with van der Waals surface area (Å²) in [5.74, 6) is -1.04. The van der Waals surface area contributed by atoms with Crippen molar-refractivity contribution < 1.29 is 19.1 Å². The van der Waals surface area contributed by atoms with Gasteiger partial charge in [-0.25, -0.2) is 4.79 Å². The number of anilines is 1. The molecule has 0 aliphatic carbocycles. The van der Waals surface area contributed by atoms with E-state index < -0.39 is 35.8 Å². The topological polar surface area (TPSA) is 119 Å². The molecule has 0 unspecified atom stereocenters. The zero-order valence-corrected chi connectivity index (χ0v) is 15.6. The van der Waals surface area contributed by atoms with Gasteiger partial charge < -0.3 is 14.8 Å². The van der Waals surface area contributed by atoms with Crippen molar-refractivity contribution in [1.29, 1.82) is 0 Å². The summed E-state index contributed by atoms with van der Waals surface area (Å²) in [4.78, 5) is 48.8. The van der Waals surface area contributed by atoms with E-state index in [1.807, 2.05) is 4.98 Å². The number of aromatic amines is 1. The Morgan fingerprint density at radius 3 is 2.67 bits per heavy atom. The van der Waals surface area contributed by atoms with Crippen molar-refractivity contribution >= 4 is 29.2 Å². The first-order valence-corrected chi connectivity index (χ1v) is 8.23. The number of nitrogens with zero attached hydrogens (tertiary/aromatic N) is 1. The molecular weight excluding hydrogens is 378 g/mol. The number of nitrogens with one attached hydrogen (secondary N) is 2. The Kier molecular flexibility index (Phi) is 6.40. The predicted molar refractivity (Wildman–Crippen MR) is 98.2 cm³/mol. The van der Waals surface area contributed by atoms with Crippen molar-refractivity contribution in [3.63, 3.8) is 0 Å². The molecule has 0 aliphatic heterocycles. The zero-order chi connectivity index (χ0) is 20.1. The fraction of sp³-hybridized carbons (Fsp3) is 0.294. The predicted octanol–water partition coefficient (Wildman–Crippen LogP) is 1.08. The third kappa shape index (κ3) is 5.20. The van der Waals surface area contributed by atoms with Crippen LogP contribution in [0.1, 0.15) is 12.5 Å². The fourth-order valence-electron chi connectivity index (χ4n) is 2.16. The Morgan fingerprint density at radius 2 is 2.04 bits per heavy atom. The quantitative estimate of drug-likeness (QED) is 0.706. The number of halogens is 1. The number of amides is 1. The minimum Gasteiger partial charge on any atom is -0.495 e. The van der Waals surface area contributed by atoms with E-state index >= 15 is 0 Å². The van der Waals surface area contributed by atoms with Crippen LogP contribution in [0.15, 0.2) is 34.0 Å². The van der Waals surface area contributed by atoms with Crippen LogP contribution in [0.4, 0.5) is 5.69 Å². The Morgan fingerprint density at radius 1 is 1.33 bits per heavy atom. The standard InChI is InChI=1S/C17H18ClN3O6/c1-9-6-12(13(26-3)7-11(9)18)19-16(24)10(2)27-15(23)8-21-5-4-14(22)20-17(21)25/h4-7,10H,8H2,1-3H3,(H,19,24)(H,20,22,25)/t10-/m0/s1. The summed E-state index contributed by atoms with van der Waals surface area (Å²) in [6, 6.07) is 4.29. The van der Waals surface area contributed by atoms with E-state index in [2.05, 4.69) is 5.32 Å². The van der Waals surface area contributed by atoms with E-state index in [1.165, 1.54) is 14.0 Å². The van der Waals surface area contributed by atoms with Crippen LogP contribution >= 0.6 is 11.6 Å². The van der Waals surface area contributed by atoms with Crippen LogP contribution in [0.5, 0.6) is 5.75 Å². The number of carbonyl (C=O) groups excluding carboxylic acids is 2. The van der Waals surface area contributed by atoms with Crippen LogP contribution in [0, 0.1) is 6.92 Å². The average Bonchev–Trinajstić information content (AvgIpc) is 2.60. The number of hydrogen-bond donors (Lipinski definition) is 2. The molecule has 2 N–H and O–H groups in total. The van der Waals surface area contributed by atoms with Gasteiger partial charge in [0, 0.05) is 23.4 Å². The van der Waals surface area contributed by atoms with Gasteiger partial charge in [-0.05, 0) is 25.5 Å². The monoisotopic (exact) mass is 395 g/mol. The molecule has 0 spiro atoms. The molecule has 10 heteroatoms. The molecule has 1 aromatic carbocycles. The number of ether oxygens (including phenoxy) is 2. The molecule has 0 saturated carbocycles. The summed E-state index contributed by atoms with van der Waals surface area (Å²) >= 11 is 6.02. The number of aromatic nitrogens is 2. The molecule has 1 heterocycles. The SMILES string of the molecule is COc1cc(Cl)c(C)cc1NC(=O)[C@H](C)OC(=O)Cn1ccc(=O)[nH]c1=O. The summed E-state index contributed by atoms with van der Waals surface area (Å²) in [6.45, 7) is 2.71. The van der Waals surface area contributed by atoms with Crippen molar-refractivity contribution in [1.82, 2.24) is 9.55 Å². The lowest BCUT2D eigenvalue weighted by molar-refractivity contribution is -0.153. The van der Waals surface area contributed by atoms with Gasteiger partial charge in [0.2, 0.25) is 0 Å². The minimum absolute atomic E-state index is 0.359. The lowest BCUT2D eigenvalue weighted by Crippen LogP contribution is -2.35. The molecule has 0 radical (unpaired) electrons. The smallest absolute Gasteiger partial charge is 0.328 e. The average molecular weight is 396 g/mol. The van der Waals surface area contributed by atoms with Crippen molar-refractivity contribution in [2.75, 3.05) is 12.4 Å². The molecule has 1 aromatic heterocycles. The lowest BCUT2D eigenvalue weighted by Gasteiger charge is -2.16. The highest BCUT2D eigenvalue weighted by Gasteiger charge is 2.20. The van der Waals surface area contributed by atoms with Crippen molar-refractivity contribution in [3.8, 4) is 5.75 Å². The number of H-pyrrole nitrogens is 1. The summed E-state index contributed by atoms with van der Waals surface area (Å²) < 4.78 is 11.2. The number of benzene rings is 1. The van der Waals surface area contributed by atoms with E-state index in [9.17, 15) is 19.2 Å². The molecule has 2 aromatic rings. The van der Waals surface area contributed by atoms with Gasteiger partial charge in [-0.3, -0.25) is 23.9 Å². The molecular formula is C17H18ClN3O6. The maximum atomic E-state index is 12.3. The van der Waals surface area contributed by atoms with Gasteiger partial charge in [0.1, 0.15) is 12.3 Å². The van der Waals surface area contributed by atoms with Gasteiger partial charge in [-0.2, -0.15) is 0 Å². The molecule has 1 atom stereocenters. The van der Waals surface area contributed by atoms with Gasteiger partial charge in [0.15, 0.2) is 6.10 Å². The Labute approximate surface area is 158 Å². The number of carbonyl (C=O) groups is 2. The highest BCUT2D eigenvalue weighted by atomic mass is 35.5. The summed E-state index contributed by atoms with van der Waals surface area (Å²) in [6.07, 6.45) is 0.0331. The lowest BCUT2D eigenvalue weighted by atomic mass is 10.2. The normalized spacial score (nSPS) is 11.6. The summed E-state index contributed by atoms with van der Waals surface area (Å²) in [7, 11) is 1.43. The maximum absolute atomic E-state index is 12.3. The summed E-state index contributed by atoms with van der Waals surface area (Å²) in [5.41, 5.74) is -0.221.